The van der Waals surface area contributed by atoms with Crippen molar-refractivity contribution < 1.29 is 19.8 Å². The topological polar surface area (TPSA) is 77.8 Å². The summed E-state index contributed by atoms with van der Waals surface area (Å²) in [6.07, 6.45) is 0.911. The Morgan fingerprint density at radius 2 is 1.79 bits per heavy atom. The van der Waals surface area contributed by atoms with Gasteiger partial charge in [-0.2, -0.15) is 0 Å². The Bertz CT molecular complexity index is 459. The van der Waals surface area contributed by atoms with Crippen molar-refractivity contribution in [1.29, 1.82) is 0 Å². The number of rotatable bonds is 6. The van der Waals surface area contributed by atoms with Gasteiger partial charge >= 0.3 is 11.9 Å². The average Bonchev–Trinajstić information content (AvgIpc) is 2.34. The van der Waals surface area contributed by atoms with Crippen LogP contribution >= 0.6 is 12.4 Å². The highest BCUT2D eigenvalue weighted by molar-refractivity contribution is 5.94. The van der Waals surface area contributed by atoms with Crippen LogP contribution in [-0.2, 0) is 9.59 Å². The number of carbonyl (C=O) groups is 2. The lowest BCUT2D eigenvalue weighted by molar-refractivity contribution is -0.135. The molecule has 6 heteroatoms. The lowest BCUT2D eigenvalue weighted by Crippen LogP contribution is -2.20. The van der Waals surface area contributed by atoms with E-state index < -0.39 is 11.9 Å². The molecular formula is C13H16ClNO4. The number of carboxylic acids is 2. The van der Waals surface area contributed by atoms with E-state index in [-0.39, 0.29) is 24.4 Å². The van der Waals surface area contributed by atoms with Gasteiger partial charge in [0.05, 0.1) is 0 Å². The number of benzene rings is 1. The Morgan fingerprint density at radius 1 is 1.21 bits per heavy atom. The van der Waals surface area contributed by atoms with Crippen molar-refractivity contribution in [3.05, 3.63) is 42.0 Å². The van der Waals surface area contributed by atoms with Crippen LogP contribution in [0.5, 0.6) is 0 Å². The van der Waals surface area contributed by atoms with Gasteiger partial charge in [-0.25, -0.2) is 9.59 Å². The van der Waals surface area contributed by atoms with Crippen molar-refractivity contribution in [3.8, 4) is 0 Å². The minimum Gasteiger partial charge on any atom is -0.478 e. The van der Waals surface area contributed by atoms with E-state index in [1.807, 2.05) is 42.3 Å². The van der Waals surface area contributed by atoms with Gasteiger partial charge in [0.2, 0.25) is 0 Å². The monoisotopic (exact) mass is 285 g/mol. The van der Waals surface area contributed by atoms with E-state index in [4.69, 9.17) is 10.2 Å². The zero-order valence-electron chi connectivity index (χ0n) is 10.4. The molecule has 2 N–H and O–H groups in total. The van der Waals surface area contributed by atoms with E-state index in [0.717, 1.165) is 11.8 Å². The summed E-state index contributed by atoms with van der Waals surface area (Å²) in [5, 5.41) is 17.4. The SMILES string of the molecule is CN(CCC(=CC(=O)O)C(=O)O)c1ccccc1.Cl. The van der Waals surface area contributed by atoms with Crippen LogP contribution in [0.4, 0.5) is 5.69 Å². The van der Waals surface area contributed by atoms with Crippen molar-refractivity contribution in [1.82, 2.24) is 0 Å². The summed E-state index contributed by atoms with van der Waals surface area (Å²) in [7, 11) is 1.83. The Hall–Kier alpha value is -2.01. The smallest absolute Gasteiger partial charge is 0.331 e. The van der Waals surface area contributed by atoms with Crippen molar-refractivity contribution in [3.63, 3.8) is 0 Å². The van der Waals surface area contributed by atoms with Crippen LogP contribution in [0.15, 0.2) is 42.0 Å². The number of hydrogen-bond acceptors (Lipinski definition) is 3. The number of aliphatic carboxylic acids is 2. The first-order valence-electron chi connectivity index (χ1n) is 5.43. The number of carboxylic acid groups (broad SMARTS) is 2. The predicted molar refractivity (Wildman–Crippen MR) is 74.9 cm³/mol. The van der Waals surface area contributed by atoms with Crippen LogP contribution in [0.1, 0.15) is 6.42 Å². The summed E-state index contributed by atoms with van der Waals surface area (Å²) in [5.41, 5.74) is 0.850. The molecule has 0 unspecified atom stereocenters. The van der Waals surface area contributed by atoms with Crippen molar-refractivity contribution in [2.45, 2.75) is 6.42 Å². The van der Waals surface area contributed by atoms with Crippen molar-refractivity contribution in [2.75, 3.05) is 18.5 Å². The molecule has 0 aliphatic carbocycles. The number of hydrogen-bond donors (Lipinski definition) is 2. The van der Waals surface area contributed by atoms with Crippen LogP contribution in [-0.4, -0.2) is 35.7 Å². The normalized spacial score (nSPS) is 10.5. The molecule has 0 bridgehead atoms. The van der Waals surface area contributed by atoms with Crippen LogP contribution in [0, 0.1) is 0 Å². The highest BCUT2D eigenvalue weighted by Crippen LogP contribution is 2.13. The van der Waals surface area contributed by atoms with Gasteiger partial charge in [0.1, 0.15) is 0 Å². The molecule has 0 amide bonds. The van der Waals surface area contributed by atoms with Crippen molar-refractivity contribution in [2.24, 2.45) is 0 Å². The van der Waals surface area contributed by atoms with E-state index >= 15 is 0 Å². The summed E-state index contributed by atoms with van der Waals surface area (Å²) >= 11 is 0. The summed E-state index contributed by atoms with van der Waals surface area (Å²) < 4.78 is 0. The fraction of sp³-hybridized carbons (Fsp3) is 0.231. The number of nitrogens with zero attached hydrogens (tertiary/aromatic N) is 1. The maximum absolute atomic E-state index is 10.8. The zero-order valence-corrected chi connectivity index (χ0v) is 11.3. The van der Waals surface area contributed by atoms with E-state index in [1.165, 1.54) is 0 Å². The van der Waals surface area contributed by atoms with E-state index in [9.17, 15) is 9.59 Å². The molecule has 0 saturated heterocycles. The molecule has 0 heterocycles. The molecule has 104 valence electrons. The summed E-state index contributed by atoms with van der Waals surface area (Å²) in [5.74, 6) is -2.44. The third-order valence-corrected chi connectivity index (χ3v) is 2.49. The fourth-order valence-electron chi connectivity index (χ4n) is 1.49. The van der Waals surface area contributed by atoms with Gasteiger partial charge < -0.3 is 15.1 Å². The van der Waals surface area contributed by atoms with E-state index in [0.29, 0.717) is 6.54 Å². The van der Waals surface area contributed by atoms with E-state index in [1.54, 1.807) is 0 Å². The van der Waals surface area contributed by atoms with Gasteiger partial charge in [0, 0.05) is 30.9 Å². The van der Waals surface area contributed by atoms with Gasteiger partial charge in [-0.3, -0.25) is 0 Å². The molecule has 1 aromatic rings. The molecule has 0 radical (unpaired) electrons. The maximum atomic E-state index is 10.8. The lowest BCUT2D eigenvalue weighted by atomic mass is 10.1. The van der Waals surface area contributed by atoms with E-state index in [2.05, 4.69) is 0 Å². The minimum atomic E-state index is -1.24. The second-order valence-corrected chi connectivity index (χ2v) is 3.82. The first-order valence-corrected chi connectivity index (χ1v) is 5.43. The summed E-state index contributed by atoms with van der Waals surface area (Å²) in [4.78, 5) is 23.2. The van der Waals surface area contributed by atoms with Crippen LogP contribution in [0.3, 0.4) is 0 Å². The molecule has 0 saturated carbocycles. The summed E-state index contributed by atoms with van der Waals surface area (Å²) in [6.45, 7) is 0.440. The van der Waals surface area contributed by atoms with Gasteiger partial charge in [0.25, 0.3) is 0 Å². The number of anilines is 1. The van der Waals surface area contributed by atoms with Crippen LogP contribution < -0.4 is 4.90 Å². The second kappa shape index (κ2) is 8.16. The third-order valence-electron chi connectivity index (χ3n) is 2.49. The quantitative estimate of drug-likeness (QED) is 0.782. The molecule has 0 aliphatic rings. The minimum absolute atomic E-state index is 0. The standard InChI is InChI=1S/C13H15NO4.ClH/c1-14(11-5-3-2-4-6-11)8-7-10(13(17)18)9-12(15)16;/h2-6,9H,7-8H2,1H3,(H,15,16)(H,17,18);1H. The molecule has 1 rings (SSSR count). The number of para-hydroxylation sites is 1. The molecule has 1 aromatic carbocycles. The molecule has 0 fully saturated rings. The van der Waals surface area contributed by atoms with Gasteiger partial charge in [-0.15, -0.1) is 12.4 Å². The Morgan fingerprint density at radius 3 is 2.26 bits per heavy atom. The highest BCUT2D eigenvalue weighted by atomic mass is 35.5. The van der Waals surface area contributed by atoms with Gasteiger partial charge in [0.15, 0.2) is 0 Å². The molecule has 0 aliphatic heterocycles. The van der Waals surface area contributed by atoms with Crippen LogP contribution in [0.25, 0.3) is 0 Å². The molecule has 0 atom stereocenters. The van der Waals surface area contributed by atoms with Crippen molar-refractivity contribution >= 4 is 30.0 Å². The maximum Gasteiger partial charge on any atom is 0.331 e. The molecule has 0 spiro atoms. The first kappa shape index (κ1) is 17.0. The largest absolute Gasteiger partial charge is 0.478 e. The third kappa shape index (κ3) is 5.92. The van der Waals surface area contributed by atoms with Crippen LogP contribution in [0.2, 0.25) is 0 Å². The molecule has 5 nitrogen and oxygen atoms in total. The molecule has 0 aromatic heterocycles. The van der Waals surface area contributed by atoms with Gasteiger partial charge in [-0.1, -0.05) is 18.2 Å². The number of halogens is 1. The second-order valence-electron chi connectivity index (χ2n) is 3.82. The van der Waals surface area contributed by atoms with Gasteiger partial charge in [-0.05, 0) is 18.6 Å². The molecule has 19 heavy (non-hydrogen) atoms. The Balaban J connectivity index is 0.00000324. The zero-order chi connectivity index (χ0) is 13.5. The lowest BCUT2D eigenvalue weighted by Gasteiger charge is -2.19. The average molecular weight is 286 g/mol. The summed E-state index contributed by atoms with van der Waals surface area (Å²) in [6, 6.07) is 9.47. The highest BCUT2D eigenvalue weighted by Gasteiger charge is 2.10. The Labute approximate surface area is 117 Å². The predicted octanol–water partition coefficient (Wildman–Crippen LogP) is 2.03. The fourth-order valence-corrected chi connectivity index (χ4v) is 1.49. The molecular weight excluding hydrogens is 270 g/mol. The Kier molecular flexibility index (Phi) is 7.29. The first-order chi connectivity index (χ1) is 8.50.